The highest BCUT2D eigenvalue weighted by atomic mass is 16.2. The molecular weight excluding hydrogens is 260 g/mol. The van der Waals surface area contributed by atoms with Gasteiger partial charge in [0.2, 0.25) is 5.91 Å². The van der Waals surface area contributed by atoms with Crippen molar-refractivity contribution in [3.63, 3.8) is 0 Å². The highest BCUT2D eigenvalue weighted by molar-refractivity contribution is 5.76. The largest absolute Gasteiger partial charge is 0.342 e. The lowest BCUT2D eigenvalue weighted by Crippen LogP contribution is -2.49. The monoisotopic (exact) mass is 294 g/mol. The van der Waals surface area contributed by atoms with Crippen molar-refractivity contribution >= 4 is 5.91 Å². The van der Waals surface area contributed by atoms with E-state index in [0.29, 0.717) is 17.2 Å². The zero-order chi connectivity index (χ0) is 15.7. The highest BCUT2D eigenvalue weighted by Gasteiger charge is 2.43. The van der Waals surface area contributed by atoms with Crippen LogP contribution >= 0.6 is 0 Å². The molecule has 0 bridgehead atoms. The first-order valence-corrected chi connectivity index (χ1v) is 8.75. The van der Waals surface area contributed by atoms with Crippen molar-refractivity contribution in [1.82, 2.24) is 9.80 Å². The molecule has 1 spiro atoms. The van der Waals surface area contributed by atoms with Crippen molar-refractivity contribution in [2.75, 3.05) is 26.2 Å². The van der Waals surface area contributed by atoms with Gasteiger partial charge in [-0.1, -0.05) is 13.8 Å². The Bertz CT molecular complexity index is 362. The minimum atomic E-state index is 0.285. The van der Waals surface area contributed by atoms with Crippen LogP contribution in [0.2, 0.25) is 0 Å². The Balaban J connectivity index is 1.84. The summed E-state index contributed by atoms with van der Waals surface area (Å²) < 4.78 is 0. The molecular formula is C18H34N2O. The average Bonchev–Trinajstić information content (AvgIpc) is 2.79. The molecule has 0 aromatic rings. The van der Waals surface area contributed by atoms with Crippen molar-refractivity contribution in [2.24, 2.45) is 11.3 Å². The van der Waals surface area contributed by atoms with Gasteiger partial charge in [0.15, 0.2) is 0 Å². The number of likely N-dealkylation sites (tertiary alicyclic amines) is 2. The van der Waals surface area contributed by atoms with Crippen LogP contribution in [0.1, 0.15) is 66.7 Å². The number of rotatable bonds is 3. The quantitative estimate of drug-likeness (QED) is 0.795. The van der Waals surface area contributed by atoms with Crippen LogP contribution in [0.15, 0.2) is 0 Å². The zero-order valence-electron chi connectivity index (χ0n) is 14.7. The molecule has 0 atom stereocenters. The summed E-state index contributed by atoms with van der Waals surface area (Å²) in [5, 5.41) is 0. The molecule has 122 valence electrons. The summed E-state index contributed by atoms with van der Waals surface area (Å²) in [6.07, 6.45) is 5.51. The Morgan fingerprint density at radius 1 is 1.10 bits per heavy atom. The molecule has 0 unspecified atom stereocenters. The van der Waals surface area contributed by atoms with Crippen LogP contribution in [-0.2, 0) is 4.79 Å². The first-order valence-electron chi connectivity index (χ1n) is 8.75. The highest BCUT2D eigenvalue weighted by Crippen LogP contribution is 2.41. The van der Waals surface area contributed by atoms with Crippen molar-refractivity contribution < 1.29 is 4.79 Å². The van der Waals surface area contributed by atoms with E-state index in [2.05, 4.69) is 44.4 Å². The molecule has 0 radical (unpaired) electrons. The van der Waals surface area contributed by atoms with E-state index in [-0.39, 0.29) is 5.54 Å². The van der Waals surface area contributed by atoms with E-state index in [1.54, 1.807) is 0 Å². The van der Waals surface area contributed by atoms with E-state index >= 15 is 0 Å². The summed E-state index contributed by atoms with van der Waals surface area (Å²) in [6, 6.07) is 0. The van der Waals surface area contributed by atoms with Crippen LogP contribution in [0, 0.1) is 11.3 Å². The average molecular weight is 294 g/mol. The lowest BCUT2D eigenvalue weighted by molar-refractivity contribution is -0.131. The van der Waals surface area contributed by atoms with Gasteiger partial charge in [0.25, 0.3) is 0 Å². The fourth-order valence-electron chi connectivity index (χ4n) is 3.78. The minimum Gasteiger partial charge on any atom is -0.342 e. The SMILES string of the molecule is CC(C)CCC(=O)N1CCC2(CCN(C(C)(C)C)CC2)C1. The molecule has 0 saturated carbocycles. The smallest absolute Gasteiger partial charge is 0.222 e. The molecule has 0 aromatic heterocycles. The number of hydrogen-bond acceptors (Lipinski definition) is 2. The Labute approximate surface area is 131 Å². The Morgan fingerprint density at radius 2 is 1.67 bits per heavy atom. The Hall–Kier alpha value is -0.570. The molecule has 2 heterocycles. The number of hydrogen-bond donors (Lipinski definition) is 0. The maximum Gasteiger partial charge on any atom is 0.222 e. The summed E-state index contributed by atoms with van der Waals surface area (Å²) in [5.41, 5.74) is 0.711. The zero-order valence-corrected chi connectivity index (χ0v) is 14.7. The fraction of sp³-hybridized carbons (Fsp3) is 0.944. The number of piperidine rings is 1. The maximum atomic E-state index is 12.3. The van der Waals surface area contributed by atoms with E-state index < -0.39 is 0 Å². The van der Waals surface area contributed by atoms with E-state index in [1.807, 2.05) is 0 Å². The molecule has 2 aliphatic rings. The fourth-order valence-corrected chi connectivity index (χ4v) is 3.78. The first kappa shape index (κ1) is 16.8. The van der Waals surface area contributed by atoms with Gasteiger partial charge in [-0.2, -0.15) is 0 Å². The predicted molar refractivity (Wildman–Crippen MR) is 88.3 cm³/mol. The molecule has 1 amide bonds. The van der Waals surface area contributed by atoms with Crippen molar-refractivity contribution in [3.8, 4) is 0 Å². The second-order valence-corrected chi connectivity index (χ2v) is 8.66. The number of nitrogens with zero attached hydrogens (tertiary/aromatic N) is 2. The van der Waals surface area contributed by atoms with Crippen LogP contribution < -0.4 is 0 Å². The van der Waals surface area contributed by atoms with Gasteiger partial charge in [0.1, 0.15) is 0 Å². The molecule has 3 nitrogen and oxygen atoms in total. The van der Waals surface area contributed by atoms with Gasteiger partial charge in [-0.15, -0.1) is 0 Å². The van der Waals surface area contributed by atoms with Gasteiger partial charge in [-0.05, 0) is 70.9 Å². The van der Waals surface area contributed by atoms with E-state index in [1.165, 1.54) is 32.4 Å². The molecule has 0 aromatic carbocycles. The molecule has 2 rings (SSSR count). The lowest BCUT2D eigenvalue weighted by atomic mass is 9.77. The maximum absolute atomic E-state index is 12.3. The van der Waals surface area contributed by atoms with E-state index in [9.17, 15) is 4.79 Å². The third kappa shape index (κ3) is 4.21. The third-order valence-corrected chi connectivity index (χ3v) is 5.50. The van der Waals surface area contributed by atoms with E-state index in [0.717, 1.165) is 25.9 Å². The molecule has 0 aliphatic carbocycles. The van der Waals surface area contributed by atoms with E-state index in [4.69, 9.17) is 0 Å². The van der Waals surface area contributed by atoms with Crippen LogP contribution in [0.4, 0.5) is 0 Å². The predicted octanol–water partition coefficient (Wildman–Crippen LogP) is 3.54. The molecule has 2 fully saturated rings. The number of amides is 1. The molecule has 0 N–H and O–H groups in total. The van der Waals surface area contributed by atoms with Gasteiger partial charge in [0.05, 0.1) is 0 Å². The third-order valence-electron chi connectivity index (χ3n) is 5.50. The van der Waals surface area contributed by atoms with Gasteiger partial charge in [-0.25, -0.2) is 0 Å². The lowest BCUT2D eigenvalue weighted by Gasteiger charge is -2.45. The summed E-state index contributed by atoms with van der Waals surface area (Å²) in [7, 11) is 0. The van der Waals surface area contributed by atoms with Crippen molar-refractivity contribution in [2.45, 2.75) is 72.3 Å². The summed E-state index contributed by atoms with van der Waals surface area (Å²) in [5.74, 6) is 1.01. The summed E-state index contributed by atoms with van der Waals surface area (Å²) >= 11 is 0. The number of carbonyl (C=O) groups is 1. The van der Waals surface area contributed by atoms with Crippen molar-refractivity contribution in [1.29, 1.82) is 0 Å². The van der Waals surface area contributed by atoms with Crippen LogP contribution in [0.5, 0.6) is 0 Å². The van der Waals surface area contributed by atoms with Crippen LogP contribution in [0.3, 0.4) is 0 Å². The summed E-state index contributed by atoms with van der Waals surface area (Å²) in [6.45, 7) is 15.7. The molecule has 2 saturated heterocycles. The molecule has 2 aliphatic heterocycles. The molecule has 21 heavy (non-hydrogen) atoms. The number of carbonyl (C=O) groups excluding carboxylic acids is 1. The molecule has 3 heteroatoms. The van der Waals surface area contributed by atoms with Crippen molar-refractivity contribution in [3.05, 3.63) is 0 Å². The van der Waals surface area contributed by atoms with Gasteiger partial charge < -0.3 is 4.90 Å². The second kappa shape index (κ2) is 6.28. The summed E-state index contributed by atoms with van der Waals surface area (Å²) in [4.78, 5) is 17.1. The van der Waals surface area contributed by atoms with Crippen LogP contribution in [0.25, 0.3) is 0 Å². The Morgan fingerprint density at radius 3 is 2.19 bits per heavy atom. The normalized spacial score (nSPS) is 23.2. The van der Waals surface area contributed by atoms with Gasteiger partial charge in [0, 0.05) is 25.0 Å². The minimum absolute atomic E-state index is 0.285. The Kier molecular flexibility index (Phi) is 5.02. The second-order valence-electron chi connectivity index (χ2n) is 8.66. The topological polar surface area (TPSA) is 23.6 Å². The van der Waals surface area contributed by atoms with Gasteiger partial charge >= 0.3 is 0 Å². The van der Waals surface area contributed by atoms with Gasteiger partial charge in [-0.3, -0.25) is 9.69 Å². The van der Waals surface area contributed by atoms with Crippen LogP contribution in [-0.4, -0.2) is 47.4 Å². The first-order chi connectivity index (χ1) is 9.72. The standard InChI is InChI=1S/C18H34N2O/c1-15(2)6-7-16(21)19-11-8-18(14-19)9-12-20(13-10-18)17(3,4)5/h15H,6-14H2,1-5H3.